The van der Waals surface area contributed by atoms with Gasteiger partial charge in [-0.2, -0.15) is 0 Å². The maximum Gasteiger partial charge on any atom is 0.254 e. The van der Waals surface area contributed by atoms with E-state index in [-0.39, 0.29) is 17.7 Å². The molecule has 3 aromatic rings. The SMILES string of the molecule is CN1CCN(C(=O)c2cccc(F)c2)CC(Cc2ccccc2-c2ccccc2)C1=O. The van der Waals surface area contributed by atoms with E-state index in [0.29, 0.717) is 31.6 Å². The molecule has 3 aromatic carbocycles. The number of hydrogen-bond acceptors (Lipinski definition) is 2. The third kappa shape index (κ3) is 4.66. The van der Waals surface area contributed by atoms with Crippen LogP contribution in [-0.4, -0.2) is 48.3 Å². The number of carbonyl (C=O) groups excluding carboxylic acids is 2. The number of amides is 2. The zero-order valence-electron chi connectivity index (χ0n) is 17.5. The van der Waals surface area contributed by atoms with Crippen molar-refractivity contribution in [2.45, 2.75) is 6.42 Å². The minimum Gasteiger partial charge on any atom is -0.344 e. The Kier molecular flexibility index (Phi) is 6.12. The summed E-state index contributed by atoms with van der Waals surface area (Å²) in [7, 11) is 1.77. The number of likely N-dealkylation sites (N-methyl/N-ethyl adjacent to an activating group) is 1. The van der Waals surface area contributed by atoms with Crippen LogP contribution in [0.2, 0.25) is 0 Å². The second-order valence-electron chi connectivity index (χ2n) is 7.95. The Morgan fingerprint density at radius 3 is 2.48 bits per heavy atom. The molecule has 31 heavy (non-hydrogen) atoms. The van der Waals surface area contributed by atoms with Gasteiger partial charge in [0.1, 0.15) is 5.82 Å². The van der Waals surface area contributed by atoms with E-state index in [1.54, 1.807) is 22.9 Å². The van der Waals surface area contributed by atoms with Crippen LogP contribution in [0.4, 0.5) is 4.39 Å². The molecule has 4 nitrogen and oxygen atoms in total. The minimum atomic E-state index is -0.442. The number of halogens is 1. The smallest absolute Gasteiger partial charge is 0.254 e. The van der Waals surface area contributed by atoms with E-state index in [1.165, 1.54) is 18.2 Å². The molecule has 5 heteroatoms. The maximum absolute atomic E-state index is 13.6. The van der Waals surface area contributed by atoms with Gasteiger partial charge in [0.2, 0.25) is 5.91 Å². The number of benzene rings is 3. The topological polar surface area (TPSA) is 40.6 Å². The maximum atomic E-state index is 13.6. The van der Waals surface area contributed by atoms with E-state index >= 15 is 0 Å². The van der Waals surface area contributed by atoms with Gasteiger partial charge in [-0.1, -0.05) is 60.7 Å². The van der Waals surface area contributed by atoms with Crippen molar-refractivity contribution >= 4 is 11.8 Å². The number of carbonyl (C=O) groups is 2. The Morgan fingerprint density at radius 1 is 0.968 bits per heavy atom. The Hall–Kier alpha value is -3.47. The van der Waals surface area contributed by atoms with Crippen molar-refractivity contribution in [2.24, 2.45) is 5.92 Å². The number of hydrogen-bond donors (Lipinski definition) is 0. The molecule has 0 aliphatic carbocycles. The quantitative estimate of drug-likeness (QED) is 0.638. The Balaban J connectivity index is 1.61. The lowest BCUT2D eigenvalue weighted by Gasteiger charge is -2.24. The van der Waals surface area contributed by atoms with Crippen molar-refractivity contribution in [3.05, 3.63) is 95.8 Å². The summed E-state index contributed by atoms with van der Waals surface area (Å²) in [6.45, 7) is 1.19. The molecule has 2 amide bonds. The Morgan fingerprint density at radius 2 is 1.71 bits per heavy atom. The summed E-state index contributed by atoms with van der Waals surface area (Å²) >= 11 is 0. The highest BCUT2D eigenvalue weighted by Crippen LogP contribution is 2.27. The Bertz CT molecular complexity index is 1080. The second-order valence-corrected chi connectivity index (χ2v) is 7.95. The predicted molar refractivity (Wildman–Crippen MR) is 119 cm³/mol. The van der Waals surface area contributed by atoms with Gasteiger partial charge in [-0.3, -0.25) is 9.59 Å². The van der Waals surface area contributed by atoms with E-state index in [1.807, 2.05) is 36.4 Å². The first kappa shape index (κ1) is 20.8. The fourth-order valence-corrected chi connectivity index (χ4v) is 4.13. The summed E-state index contributed by atoms with van der Waals surface area (Å²) in [5, 5.41) is 0. The average molecular weight is 416 g/mol. The fourth-order valence-electron chi connectivity index (χ4n) is 4.13. The van der Waals surface area contributed by atoms with Crippen LogP contribution in [0.5, 0.6) is 0 Å². The van der Waals surface area contributed by atoms with Gasteiger partial charge >= 0.3 is 0 Å². The highest BCUT2D eigenvalue weighted by molar-refractivity contribution is 5.95. The molecular weight excluding hydrogens is 391 g/mol. The highest BCUT2D eigenvalue weighted by Gasteiger charge is 2.31. The fraction of sp³-hybridized carbons (Fsp3) is 0.231. The minimum absolute atomic E-state index is 0.0254. The number of rotatable bonds is 4. The zero-order valence-corrected chi connectivity index (χ0v) is 17.5. The molecule has 1 aliphatic rings. The van der Waals surface area contributed by atoms with Crippen LogP contribution in [0.1, 0.15) is 15.9 Å². The predicted octanol–water partition coefficient (Wildman–Crippen LogP) is 4.27. The molecule has 1 saturated heterocycles. The lowest BCUT2D eigenvalue weighted by atomic mass is 9.91. The summed E-state index contributed by atoms with van der Waals surface area (Å²) in [6, 6.07) is 23.9. The first-order valence-electron chi connectivity index (χ1n) is 10.5. The van der Waals surface area contributed by atoms with Gasteiger partial charge in [0.15, 0.2) is 0 Å². The summed E-state index contributed by atoms with van der Waals surface area (Å²) in [4.78, 5) is 29.5. The molecule has 1 atom stereocenters. The van der Waals surface area contributed by atoms with Gasteiger partial charge in [0.25, 0.3) is 5.91 Å². The molecule has 0 radical (unpaired) electrons. The zero-order chi connectivity index (χ0) is 21.8. The molecule has 1 fully saturated rings. The van der Waals surface area contributed by atoms with Gasteiger partial charge in [-0.05, 0) is 41.3 Å². The van der Waals surface area contributed by atoms with Crippen molar-refractivity contribution in [2.75, 3.05) is 26.7 Å². The van der Waals surface area contributed by atoms with Crippen LogP contribution in [-0.2, 0) is 11.2 Å². The van der Waals surface area contributed by atoms with E-state index in [2.05, 4.69) is 18.2 Å². The molecule has 1 aliphatic heterocycles. The lowest BCUT2D eigenvalue weighted by Crippen LogP contribution is -2.37. The molecule has 1 heterocycles. The van der Waals surface area contributed by atoms with E-state index in [4.69, 9.17) is 0 Å². The second kappa shape index (κ2) is 9.13. The molecule has 0 spiro atoms. The highest BCUT2D eigenvalue weighted by atomic mass is 19.1. The largest absolute Gasteiger partial charge is 0.344 e. The first-order valence-corrected chi connectivity index (χ1v) is 10.5. The van der Waals surface area contributed by atoms with Gasteiger partial charge < -0.3 is 9.80 Å². The number of nitrogens with zero attached hydrogens (tertiary/aromatic N) is 2. The summed E-state index contributed by atoms with van der Waals surface area (Å²) < 4.78 is 13.6. The van der Waals surface area contributed by atoms with Crippen molar-refractivity contribution in [3.63, 3.8) is 0 Å². The van der Waals surface area contributed by atoms with Crippen LogP contribution in [0.25, 0.3) is 11.1 Å². The van der Waals surface area contributed by atoms with Gasteiger partial charge in [0, 0.05) is 32.2 Å². The van der Waals surface area contributed by atoms with Crippen LogP contribution < -0.4 is 0 Å². The van der Waals surface area contributed by atoms with Crippen LogP contribution in [0, 0.1) is 11.7 Å². The molecule has 0 aromatic heterocycles. The van der Waals surface area contributed by atoms with E-state index in [0.717, 1.165) is 16.7 Å². The molecular formula is C26H25FN2O2. The van der Waals surface area contributed by atoms with Crippen molar-refractivity contribution in [1.82, 2.24) is 9.80 Å². The average Bonchev–Trinajstić information content (AvgIpc) is 2.93. The third-order valence-electron chi connectivity index (χ3n) is 5.80. The lowest BCUT2D eigenvalue weighted by molar-refractivity contribution is -0.133. The standard InChI is InChI=1S/C26H25FN2O2/c1-28-14-15-29(26(31)21-11-7-12-23(27)17-21)18-22(25(28)30)16-20-10-5-6-13-24(20)19-8-3-2-4-9-19/h2-13,17,22H,14-16,18H2,1H3. The van der Waals surface area contributed by atoms with Gasteiger partial charge in [-0.15, -0.1) is 0 Å². The van der Waals surface area contributed by atoms with Crippen LogP contribution >= 0.6 is 0 Å². The summed E-state index contributed by atoms with van der Waals surface area (Å²) in [5.41, 5.74) is 3.56. The normalized spacial score (nSPS) is 16.8. The van der Waals surface area contributed by atoms with Crippen LogP contribution in [0.3, 0.4) is 0 Å². The molecule has 4 rings (SSSR count). The molecule has 0 N–H and O–H groups in total. The molecule has 158 valence electrons. The molecule has 0 bridgehead atoms. The monoisotopic (exact) mass is 416 g/mol. The Labute approximate surface area is 181 Å². The molecule has 1 unspecified atom stereocenters. The van der Waals surface area contributed by atoms with E-state index in [9.17, 15) is 14.0 Å². The van der Waals surface area contributed by atoms with Gasteiger partial charge in [-0.25, -0.2) is 4.39 Å². The first-order chi connectivity index (χ1) is 15.0. The summed E-state index contributed by atoms with van der Waals surface area (Å²) in [6.07, 6.45) is 0.529. The summed E-state index contributed by atoms with van der Waals surface area (Å²) in [5.74, 6) is -1.03. The van der Waals surface area contributed by atoms with Crippen molar-refractivity contribution in [1.29, 1.82) is 0 Å². The van der Waals surface area contributed by atoms with Crippen LogP contribution in [0.15, 0.2) is 78.9 Å². The van der Waals surface area contributed by atoms with Crippen molar-refractivity contribution in [3.8, 4) is 11.1 Å². The van der Waals surface area contributed by atoms with Crippen molar-refractivity contribution < 1.29 is 14.0 Å². The molecule has 0 saturated carbocycles. The van der Waals surface area contributed by atoms with Gasteiger partial charge in [0.05, 0.1) is 5.92 Å². The van der Waals surface area contributed by atoms with E-state index < -0.39 is 5.82 Å². The third-order valence-corrected chi connectivity index (χ3v) is 5.80.